The van der Waals surface area contributed by atoms with Crippen molar-refractivity contribution < 1.29 is 9.13 Å². The number of hydrogen-bond donors (Lipinski definition) is 2. The van der Waals surface area contributed by atoms with E-state index in [0.717, 1.165) is 0 Å². The van der Waals surface area contributed by atoms with Crippen LogP contribution in [-0.4, -0.2) is 5.84 Å². The minimum atomic E-state index is -0.392. The molecule has 6 heteroatoms. The summed E-state index contributed by atoms with van der Waals surface area (Å²) in [5.74, 6) is 0.492. The van der Waals surface area contributed by atoms with Gasteiger partial charge in [0.05, 0.1) is 4.47 Å². The van der Waals surface area contributed by atoms with Crippen LogP contribution >= 0.6 is 31.9 Å². The minimum absolute atomic E-state index is 0.0342. The maximum Gasteiger partial charge on any atom is 0.141 e. The van der Waals surface area contributed by atoms with Gasteiger partial charge in [-0.05, 0) is 62.2 Å². The Kier molecular flexibility index (Phi) is 4.21. The Labute approximate surface area is 126 Å². The van der Waals surface area contributed by atoms with Gasteiger partial charge in [-0.3, -0.25) is 5.41 Å². The fraction of sp³-hybridized carbons (Fsp3) is 0. The lowest BCUT2D eigenvalue weighted by atomic mass is 10.2. The Morgan fingerprint density at radius 3 is 2.26 bits per heavy atom. The zero-order chi connectivity index (χ0) is 14.0. The van der Waals surface area contributed by atoms with Gasteiger partial charge in [-0.2, -0.15) is 0 Å². The van der Waals surface area contributed by atoms with E-state index in [0.29, 0.717) is 26.0 Å². The standard InChI is InChI=1S/C13H9Br2FN2O/c14-10-4-2-8(6-12(10)16)19-7-1-3-9(13(17)18)11(15)5-7/h1-6H,(H3,17,18). The molecule has 0 spiro atoms. The smallest absolute Gasteiger partial charge is 0.141 e. The first-order chi connectivity index (χ1) is 8.97. The molecule has 3 nitrogen and oxygen atoms in total. The van der Waals surface area contributed by atoms with Crippen molar-refractivity contribution in [1.29, 1.82) is 5.41 Å². The van der Waals surface area contributed by atoms with Crippen LogP contribution in [0.3, 0.4) is 0 Å². The van der Waals surface area contributed by atoms with Crippen LogP contribution in [0.4, 0.5) is 4.39 Å². The molecule has 0 radical (unpaired) electrons. The number of nitrogens with one attached hydrogen (secondary N) is 1. The molecule has 2 rings (SSSR count). The maximum absolute atomic E-state index is 13.4. The first-order valence-corrected chi connectivity index (χ1v) is 6.83. The fourth-order valence-corrected chi connectivity index (χ4v) is 2.27. The number of rotatable bonds is 3. The lowest BCUT2D eigenvalue weighted by molar-refractivity contribution is 0.476. The van der Waals surface area contributed by atoms with E-state index in [1.807, 2.05) is 0 Å². The predicted octanol–water partition coefficient (Wildman–Crippen LogP) is 4.43. The summed E-state index contributed by atoms with van der Waals surface area (Å²) in [6.45, 7) is 0. The largest absolute Gasteiger partial charge is 0.457 e. The summed E-state index contributed by atoms with van der Waals surface area (Å²) in [4.78, 5) is 0. The third-order valence-corrected chi connectivity index (χ3v) is 3.66. The number of halogens is 3. The van der Waals surface area contributed by atoms with Gasteiger partial charge >= 0.3 is 0 Å². The van der Waals surface area contributed by atoms with Crippen LogP contribution in [0.25, 0.3) is 0 Å². The molecule has 0 unspecified atom stereocenters. The van der Waals surface area contributed by atoms with Crippen LogP contribution in [0.15, 0.2) is 45.3 Å². The van der Waals surface area contributed by atoms with Crippen molar-refractivity contribution in [3.8, 4) is 11.5 Å². The van der Waals surface area contributed by atoms with Gasteiger partial charge in [0.15, 0.2) is 0 Å². The average molecular weight is 388 g/mol. The molecule has 0 aliphatic heterocycles. The van der Waals surface area contributed by atoms with Crippen molar-refractivity contribution in [1.82, 2.24) is 0 Å². The molecule has 0 aliphatic rings. The van der Waals surface area contributed by atoms with E-state index in [9.17, 15) is 4.39 Å². The molecule has 0 saturated heterocycles. The first kappa shape index (κ1) is 14.0. The molecule has 19 heavy (non-hydrogen) atoms. The Hall–Kier alpha value is -1.40. The second-order valence-corrected chi connectivity index (χ2v) is 5.44. The molecule has 0 heterocycles. The topological polar surface area (TPSA) is 59.1 Å². The molecule has 0 amide bonds. The highest BCUT2D eigenvalue weighted by Crippen LogP contribution is 2.28. The van der Waals surface area contributed by atoms with E-state index in [-0.39, 0.29) is 5.84 Å². The van der Waals surface area contributed by atoms with Gasteiger partial charge in [0.2, 0.25) is 0 Å². The monoisotopic (exact) mass is 386 g/mol. The molecular weight excluding hydrogens is 379 g/mol. The third-order valence-electron chi connectivity index (χ3n) is 2.36. The fourth-order valence-electron chi connectivity index (χ4n) is 1.45. The SMILES string of the molecule is N=C(N)c1ccc(Oc2ccc(Br)c(F)c2)cc1Br. The summed E-state index contributed by atoms with van der Waals surface area (Å²) in [7, 11) is 0. The van der Waals surface area contributed by atoms with Gasteiger partial charge < -0.3 is 10.5 Å². The summed E-state index contributed by atoms with van der Waals surface area (Å²) in [6.07, 6.45) is 0. The summed E-state index contributed by atoms with van der Waals surface area (Å²) in [6, 6.07) is 9.52. The quantitative estimate of drug-likeness (QED) is 0.604. The van der Waals surface area contributed by atoms with Crippen molar-refractivity contribution >= 4 is 37.7 Å². The van der Waals surface area contributed by atoms with Crippen LogP contribution in [0.2, 0.25) is 0 Å². The molecule has 0 aliphatic carbocycles. The zero-order valence-corrected chi connectivity index (χ0v) is 12.8. The van der Waals surface area contributed by atoms with Crippen LogP contribution in [0.5, 0.6) is 11.5 Å². The molecule has 0 atom stereocenters. The molecule has 2 aromatic carbocycles. The molecule has 0 fully saturated rings. The molecule has 0 saturated carbocycles. The molecule has 0 aromatic heterocycles. The van der Waals surface area contributed by atoms with E-state index in [1.54, 1.807) is 30.3 Å². The summed E-state index contributed by atoms with van der Waals surface area (Å²) in [5.41, 5.74) is 5.99. The van der Waals surface area contributed by atoms with E-state index in [1.165, 1.54) is 6.07 Å². The molecule has 2 aromatic rings. The number of hydrogen-bond acceptors (Lipinski definition) is 2. The molecule has 98 valence electrons. The zero-order valence-electron chi connectivity index (χ0n) is 9.58. The maximum atomic E-state index is 13.4. The highest BCUT2D eigenvalue weighted by Gasteiger charge is 2.07. The lowest BCUT2D eigenvalue weighted by Gasteiger charge is -2.08. The number of nitrogens with two attached hydrogens (primary N) is 1. The summed E-state index contributed by atoms with van der Waals surface area (Å²) >= 11 is 6.38. The van der Waals surface area contributed by atoms with Gasteiger partial charge in [0, 0.05) is 16.1 Å². The van der Waals surface area contributed by atoms with Crippen LogP contribution < -0.4 is 10.5 Å². The van der Waals surface area contributed by atoms with Crippen LogP contribution in [-0.2, 0) is 0 Å². The van der Waals surface area contributed by atoms with Crippen molar-refractivity contribution in [3.63, 3.8) is 0 Å². The Morgan fingerprint density at radius 1 is 1.05 bits per heavy atom. The van der Waals surface area contributed by atoms with Gasteiger partial charge in [0.25, 0.3) is 0 Å². The summed E-state index contributed by atoms with van der Waals surface area (Å²) < 4.78 is 19.9. The lowest BCUT2D eigenvalue weighted by Crippen LogP contribution is -2.11. The van der Waals surface area contributed by atoms with Crippen molar-refractivity contribution in [2.45, 2.75) is 0 Å². The summed E-state index contributed by atoms with van der Waals surface area (Å²) in [5, 5.41) is 7.37. The van der Waals surface area contributed by atoms with Crippen LogP contribution in [0, 0.1) is 11.2 Å². The second kappa shape index (κ2) is 5.71. The second-order valence-electron chi connectivity index (χ2n) is 3.73. The van der Waals surface area contributed by atoms with E-state index in [2.05, 4.69) is 31.9 Å². The third kappa shape index (κ3) is 3.33. The molecule has 3 N–H and O–H groups in total. The highest BCUT2D eigenvalue weighted by atomic mass is 79.9. The minimum Gasteiger partial charge on any atom is -0.457 e. The van der Waals surface area contributed by atoms with Crippen LogP contribution in [0.1, 0.15) is 5.56 Å². The van der Waals surface area contributed by atoms with E-state index >= 15 is 0 Å². The van der Waals surface area contributed by atoms with Gasteiger partial charge in [-0.1, -0.05) is 0 Å². The molecule has 0 bridgehead atoms. The Bertz CT molecular complexity index is 647. The number of nitrogen functional groups attached to an aromatic ring is 1. The van der Waals surface area contributed by atoms with Gasteiger partial charge in [-0.25, -0.2) is 4.39 Å². The number of amidine groups is 1. The van der Waals surface area contributed by atoms with Gasteiger partial charge in [-0.15, -0.1) is 0 Å². The predicted molar refractivity (Wildman–Crippen MR) is 79.3 cm³/mol. The normalized spacial score (nSPS) is 10.3. The van der Waals surface area contributed by atoms with E-state index < -0.39 is 5.82 Å². The highest BCUT2D eigenvalue weighted by molar-refractivity contribution is 9.10. The Balaban J connectivity index is 2.26. The first-order valence-electron chi connectivity index (χ1n) is 5.24. The average Bonchev–Trinajstić information content (AvgIpc) is 2.33. The Morgan fingerprint density at radius 2 is 1.68 bits per heavy atom. The van der Waals surface area contributed by atoms with E-state index in [4.69, 9.17) is 15.9 Å². The van der Waals surface area contributed by atoms with Crippen molar-refractivity contribution in [3.05, 3.63) is 56.7 Å². The van der Waals surface area contributed by atoms with Crippen molar-refractivity contribution in [2.75, 3.05) is 0 Å². The number of ether oxygens (including phenoxy) is 1. The molecular formula is C13H9Br2FN2O. The van der Waals surface area contributed by atoms with Crippen molar-refractivity contribution in [2.24, 2.45) is 5.73 Å². The van der Waals surface area contributed by atoms with Gasteiger partial charge in [0.1, 0.15) is 23.2 Å². The number of benzene rings is 2.